The molecule has 0 atom stereocenters. The van der Waals surface area contributed by atoms with Gasteiger partial charge in [-0.05, 0) is 61.4 Å². The Morgan fingerprint density at radius 1 is 1.11 bits per heavy atom. The van der Waals surface area contributed by atoms with Crippen molar-refractivity contribution >= 4 is 12.1 Å². The van der Waals surface area contributed by atoms with E-state index in [-0.39, 0.29) is 12.4 Å². The highest BCUT2D eigenvalue weighted by molar-refractivity contribution is 5.92. The number of carbonyl (C=O) groups is 1. The van der Waals surface area contributed by atoms with E-state index in [1.807, 2.05) is 56.3 Å². The molecule has 0 unspecified atom stereocenters. The Balaban J connectivity index is 1.56. The molecular formula is C22H22N2O4. The Labute approximate surface area is 163 Å². The Bertz CT molecular complexity index is 992. The van der Waals surface area contributed by atoms with Crippen LogP contribution in [0, 0.1) is 13.8 Å². The first kappa shape index (κ1) is 19.2. The van der Waals surface area contributed by atoms with Crippen LogP contribution in [0.1, 0.15) is 33.0 Å². The van der Waals surface area contributed by atoms with Gasteiger partial charge in [0.05, 0.1) is 13.3 Å². The molecule has 1 amide bonds. The lowest BCUT2D eigenvalue weighted by atomic mass is 10.1. The zero-order valence-corrected chi connectivity index (χ0v) is 16.1. The van der Waals surface area contributed by atoms with Crippen LogP contribution >= 0.6 is 0 Å². The summed E-state index contributed by atoms with van der Waals surface area (Å²) in [5.74, 6) is 1.70. The third kappa shape index (κ3) is 4.79. The zero-order chi connectivity index (χ0) is 19.9. The third-order valence-electron chi connectivity index (χ3n) is 4.25. The maximum atomic E-state index is 12.2. The second kappa shape index (κ2) is 8.90. The van der Waals surface area contributed by atoms with E-state index in [1.54, 1.807) is 19.2 Å². The summed E-state index contributed by atoms with van der Waals surface area (Å²) in [5.41, 5.74) is 5.56. The van der Waals surface area contributed by atoms with Crippen molar-refractivity contribution in [3.8, 4) is 11.5 Å². The maximum Gasteiger partial charge on any atom is 0.307 e. The van der Waals surface area contributed by atoms with E-state index in [1.165, 1.54) is 11.8 Å². The Hall–Kier alpha value is -3.54. The lowest BCUT2D eigenvalue weighted by molar-refractivity contribution is 0.0923. The molecule has 3 rings (SSSR count). The largest absolute Gasteiger partial charge is 0.496 e. The first-order valence-corrected chi connectivity index (χ1v) is 8.82. The van der Waals surface area contributed by atoms with Gasteiger partial charge in [0.1, 0.15) is 23.9 Å². The summed E-state index contributed by atoms with van der Waals surface area (Å²) in [6, 6.07) is 16.6. The number of rotatable bonds is 7. The average molecular weight is 378 g/mol. The van der Waals surface area contributed by atoms with Gasteiger partial charge in [-0.2, -0.15) is 5.10 Å². The van der Waals surface area contributed by atoms with E-state index < -0.39 is 5.91 Å². The number of nitrogens with one attached hydrogen (secondary N) is 1. The number of furan rings is 1. The number of methoxy groups -OCH3 is 1. The molecule has 0 aliphatic rings. The number of amides is 1. The summed E-state index contributed by atoms with van der Waals surface area (Å²) in [4.78, 5) is 12.2. The molecule has 0 saturated heterocycles. The number of nitrogens with zero attached hydrogens (tertiary/aromatic N) is 1. The van der Waals surface area contributed by atoms with Crippen LogP contribution in [0.5, 0.6) is 11.5 Å². The Kier molecular flexibility index (Phi) is 6.11. The second-order valence-corrected chi connectivity index (χ2v) is 6.24. The Morgan fingerprint density at radius 2 is 1.93 bits per heavy atom. The van der Waals surface area contributed by atoms with Gasteiger partial charge in [-0.15, -0.1) is 0 Å². The predicted molar refractivity (Wildman–Crippen MR) is 107 cm³/mol. The zero-order valence-electron chi connectivity index (χ0n) is 16.1. The molecule has 3 aromatic rings. The van der Waals surface area contributed by atoms with E-state index >= 15 is 0 Å². The maximum absolute atomic E-state index is 12.2. The molecule has 144 valence electrons. The van der Waals surface area contributed by atoms with Gasteiger partial charge in [-0.3, -0.25) is 4.79 Å². The summed E-state index contributed by atoms with van der Waals surface area (Å²) in [6.07, 6.45) is 1.52. The van der Waals surface area contributed by atoms with Crippen molar-refractivity contribution < 1.29 is 18.7 Å². The number of aryl methyl sites for hydroxylation is 2. The van der Waals surface area contributed by atoms with Crippen LogP contribution < -0.4 is 14.9 Å². The molecule has 6 nitrogen and oxygen atoms in total. The SMILES string of the molecule is COc1ccccc1/C=N/NC(=O)c1ccc(COc2ccc(C)c(C)c2)o1. The monoisotopic (exact) mass is 378 g/mol. The van der Waals surface area contributed by atoms with E-state index in [4.69, 9.17) is 13.9 Å². The highest BCUT2D eigenvalue weighted by Crippen LogP contribution is 2.19. The average Bonchev–Trinajstić information content (AvgIpc) is 3.18. The molecule has 0 aliphatic carbocycles. The lowest BCUT2D eigenvalue weighted by Gasteiger charge is -2.06. The van der Waals surface area contributed by atoms with Crippen LogP contribution in [0.15, 0.2) is 64.1 Å². The molecule has 0 fully saturated rings. The number of benzene rings is 2. The molecule has 1 heterocycles. The number of ether oxygens (including phenoxy) is 2. The third-order valence-corrected chi connectivity index (χ3v) is 4.25. The van der Waals surface area contributed by atoms with Crippen molar-refractivity contribution in [1.82, 2.24) is 5.43 Å². The van der Waals surface area contributed by atoms with Crippen molar-refractivity contribution in [1.29, 1.82) is 0 Å². The molecule has 0 aliphatic heterocycles. The topological polar surface area (TPSA) is 73.1 Å². The predicted octanol–water partition coefficient (Wildman–Crippen LogP) is 4.25. The van der Waals surface area contributed by atoms with Crippen molar-refractivity contribution in [2.24, 2.45) is 5.10 Å². The van der Waals surface area contributed by atoms with Crippen molar-refractivity contribution in [2.75, 3.05) is 7.11 Å². The summed E-state index contributed by atoms with van der Waals surface area (Å²) in [5, 5.41) is 3.95. The molecule has 1 aromatic heterocycles. The van der Waals surface area contributed by atoms with Gasteiger partial charge in [-0.25, -0.2) is 5.43 Å². The van der Waals surface area contributed by atoms with E-state index in [0.29, 0.717) is 11.5 Å². The minimum atomic E-state index is -0.441. The van der Waals surface area contributed by atoms with Gasteiger partial charge in [0, 0.05) is 5.56 Å². The minimum Gasteiger partial charge on any atom is -0.496 e. The van der Waals surface area contributed by atoms with Crippen LogP contribution in [0.2, 0.25) is 0 Å². The van der Waals surface area contributed by atoms with Gasteiger partial charge in [0.15, 0.2) is 5.76 Å². The van der Waals surface area contributed by atoms with Crippen molar-refractivity contribution in [2.45, 2.75) is 20.5 Å². The van der Waals surface area contributed by atoms with Crippen LogP contribution in [-0.2, 0) is 6.61 Å². The van der Waals surface area contributed by atoms with Gasteiger partial charge >= 0.3 is 5.91 Å². The van der Waals surface area contributed by atoms with Gasteiger partial charge in [-0.1, -0.05) is 18.2 Å². The van der Waals surface area contributed by atoms with E-state index in [9.17, 15) is 4.79 Å². The van der Waals surface area contributed by atoms with Crippen molar-refractivity contribution in [3.05, 3.63) is 82.8 Å². The summed E-state index contributed by atoms with van der Waals surface area (Å²) in [6.45, 7) is 4.32. The molecule has 6 heteroatoms. The molecular weight excluding hydrogens is 356 g/mol. The highest BCUT2D eigenvalue weighted by Gasteiger charge is 2.11. The summed E-state index contributed by atoms with van der Waals surface area (Å²) in [7, 11) is 1.58. The fourth-order valence-corrected chi connectivity index (χ4v) is 2.52. The number of hydrogen-bond acceptors (Lipinski definition) is 5. The second-order valence-electron chi connectivity index (χ2n) is 6.24. The van der Waals surface area contributed by atoms with E-state index in [0.717, 1.165) is 16.9 Å². The van der Waals surface area contributed by atoms with Gasteiger partial charge in [0.2, 0.25) is 0 Å². The number of carbonyl (C=O) groups excluding carboxylic acids is 1. The Morgan fingerprint density at radius 3 is 2.71 bits per heavy atom. The van der Waals surface area contributed by atoms with Gasteiger partial charge < -0.3 is 13.9 Å². The van der Waals surface area contributed by atoms with Crippen LogP contribution in [0.3, 0.4) is 0 Å². The van der Waals surface area contributed by atoms with Gasteiger partial charge in [0.25, 0.3) is 0 Å². The molecule has 0 radical (unpaired) electrons. The minimum absolute atomic E-state index is 0.163. The summed E-state index contributed by atoms with van der Waals surface area (Å²) >= 11 is 0. The highest BCUT2D eigenvalue weighted by atomic mass is 16.5. The van der Waals surface area contributed by atoms with Crippen LogP contribution in [-0.4, -0.2) is 19.2 Å². The quantitative estimate of drug-likeness (QED) is 0.493. The molecule has 0 saturated carbocycles. The number of hydrazone groups is 1. The molecule has 28 heavy (non-hydrogen) atoms. The normalized spacial score (nSPS) is 10.8. The molecule has 1 N–H and O–H groups in total. The lowest BCUT2D eigenvalue weighted by Crippen LogP contribution is -2.16. The van der Waals surface area contributed by atoms with Crippen LogP contribution in [0.25, 0.3) is 0 Å². The first-order chi connectivity index (χ1) is 13.6. The number of para-hydroxylation sites is 1. The first-order valence-electron chi connectivity index (χ1n) is 8.82. The molecule has 2 aromatic carbocycles. The number of hydrogen-bond donors (Lipinski definition) is 1. The van der Waals surface area contributed by atoms with Crippen LogP contribution in [0.4, 0.5) is 0 Å². The smallest absolute Gasteiger partial charge is 0.307 e. The fraction of sp³-hybridized carbons (Fsp3) is 0.182. The molecule has 0 spiro atoms. The van der Waals surface area contributed by atoms with Crippen molar-refractivity contribution in [3.63, 3.8) is 0 Å². The standard InChI is InChI=1S/C22H22N2O4/c1-15-8-9-18(12-16(15)2)27-14-19-10-11-21(28-19)22(25)24-23-13-17-6-4-5-7-20(17)26-3/h4-13H,14H2,1-3H3,(H,24,25)/b23-13+. The van der Waals surface area contributed by atoms with E-state index in [2.05, 4.69) is 10.5 Å². The summed E-state index contributed by atoms with van der Waals surface area (Å²) < 4.78 is 16.5. The molecule has 0 bridgehead atoms. The fourth-order valence-electron chi connectivity index (χ4n) is 2.52.